The third-order valence-corrected chi connectivity index (χ3v) is 4.40. The first-order chi connectivity index (χ1) is 12.1. The second-order valence-electron chi connectivity index (χ2n) is 5.68. The van der Waals surface area contributed by atoms with E-state index in [4.69, 9.17) is 21.7 Å². The predicted octanol–water partition coefficient (Wildman–Crippen LogP) is 3.99. The molecule has 2 heterocycles. The fourth-order valence-corrected chi connectivity index (χ4v) is 3.15. The average molecular weight is 355 g/mol. The van der Waals surface area contributed by atoms with Crippen LogP contribution in [0.5, 0.6) is 5.75 Å². The van der Waals surface area contributed by atoms with Crippen LogP contribution in [0.15, 0.2) is 48.2 Å². The number of amidine groups is 1. The Morgan fingerprint density at radius 1 is 1.28 bits per heavy atom. The van der Waals surface area contributed by atoms with Crippen molar-refractivity contribution in [2.24, 2.45) is 0 Å². The summed E-state index contributed by atoms with van der Waals surface area (Å²) in [5.74, 6) is 1.25. The maximum Gasteiger partial charge on any atom is 0.145 e. The summed E-state index contributed by atoms with van der Waals surface area (Å²) in [6, 6.07) is 12.7. The van der Waals surface area contributed by atoms with E-state index in [1.54, 1.807) is 30.2 Å². The highest BCUT2D eigenvalue weighted by Gasteiger charge is 2.32. The number of ether oxygens (including phenoxy) is 1. The quantitative estimate of drug-likeness (QED) is 0.663. The lowest BCUT2D eigenvalue weighted by Crippen LogP contribution is -2.26. The number of imidazole rings is 1. The van der Waals surface area contributed by atoms with E-state index in [1.165, 1.54) is 0 Å². The Balaban J connectivity index is 1.76. The highest BCUT2D eigenvalue weighted by molar-refractivity contribution is 6.32. The van der Waals surface area contributed by atoms with Gasteiger partial charge in [0.2, 0.25) is 0 Å². The smallest absolute Gasteiger partial charge is 0.145 e. The molecule has 1 aliphatic heterocycles. The largest absolute Gasteiger partial charge is 0.509 e. The molecule has 0 atom stereocenters. The van der Waals surface area contributed by atoms with E-state index in [0.717, 1.165) is 11.0 Å². The summed E-state index contributed by atoms with van der Waals surface area (Å²) in [5, 5.41) is 19.5. The van der Waals surface area contributed by atoms with Gasteiger partial charge in [0.15, 0.2) is 0 Å². The first-order valence-electron chi connectivity index (χ1n) is 7.65. The number of aliphatic hydroxyl groups is 1. The fourth-order valence-electron chi connectivity index (χ4n) is 2.98. The van der Waals surface area contributed by atoms with Crippen LogP contribution in [0.2, 0.25) is 5.02 Å². The number of benzene rings is 2. The van der Waals surface area contributed by atoms with Gasteiger partial charge in [0.05, 0.1) is 35.9 Å². The number of H-pyrrole nitrogens is 1. The summed E-state index contributed by atoms with van der Waals surface area (Å²) in [5.41, 5.74) is 2.63. The van der Waals surface area contributed by atoms with Gasteiger partial charge in [-0.1, -0.05) is 23.7 Å². The normalized spacial score (nSPS) is 14.6. The highest BCUT2D eigenvalue weighted by Crippen LogP contribution is 2.37. The molecule has 3 aromatic rings. The van der Waals surface area contributed by atoms with Gasteiger partial charge in [-0.2, -0.15) is 0 Å². The summed E-state index contributed by atoms with van der Waals surface area (Å²) in [6.45, 7) is 0.155. The zero-order chi connectivity index (χ0) is 17.6. The van der Waals surface area contributed by atoms with Gasteiger partial charge in [0.25, 0.3) is 0 Å². The number of aliphatic hydroxyl groups excluding tert-OH is 1. The number of aromatic nitrogens is 2. The molecule has 1 aliphatic rings. The van der Waals surface area contributed by atoms with E-state index in [9.17, 15) is 5.11 Å². The SMILES string of the molecule is COc1ccc(Cl)cc1N1CC(O)=C(c2nc3ccccc3[nH]2)C1=N. The van der Waals surface area contributed by atoms with Crippen LogP contribution in [-0.2, 0) is 0 Å². The van der Waals surface area contributed by atoms with Crippen LogP contribution in [0.3, 0.4) is 0 Å². The Bertz CT molecular complexity index is 992. The molecule has 0 aliphatic carbocycles. The summed E-state index contributed by atoms with van der Waals surface area (Å²) in [6.07, 6.45) is 0. The van der Waals surface area contributed by atoms with E-state index >= 15 is 0 Å². The second-order valence-corrected chi connectivity index (χ2v) is 6.11. The average Bonchev–Trinajstić information content (AvgIpc) is 3.15. The molecule has 0 saturated carbocycles. The molecule has 7 heteroatoms. The number of methoxy groups -OCH3 is 1. The van der Waals surface area contributed by atoms with Crippen molar-refractivity contribution < 1.29 is 9.84 Å². The molecule has 0 unspecified atom stereocenters. The van der Waals surface area contributed by atoms with Crippen molar-refractivity contribution >= 4 is 39.7 Å². The van der Waals surface area contributed by atoms with Crippen molar-refractivity contribution in [1.29, 1.82) is 5.41 Å². The molecular formula is C18H15ClN4O2. The van der Waals surface area contributed by atoms with Gasteiger partial charge < -0.3 is 19.7 Å². The minimum absolute atomic E-state index is 0.0751. The van der Waals surface area contributed by atoms with Gasteiger partial charge >= 0.3 is 0 Å². The van der Waals surface area contributed by atoms with Crippen molar-refractivity contribution in [1.82, 2.24) is 9.97 Å². The van der Waals surface area contributed by atoms with E-state index in [0.29, 0.717) is 27.9 Å². The van der Waals surface area contributed by atoms with Crippen LogP contribution < -0.4 is 9.64 Å². The number of hydrogen-bond donors (Lipinski definition) is 3. The Hall–Kier alpha value is -2.99. The van der Waals surface area contributed by atoms with Crippen LogP contribution in [0.4, 0.5) is 5.69 Å². The van der Waals surface area contributed by atoms with Crippen molar-refractivity contribution in [3.05, 3.63) is 59.1 Å². The summed E-state index contributed by atoms with van der Waals surface area (Å²) in [7, 11) is 1.56. The van der Waals surface area contributed by atoms with Gasteiger partial charge in [0.1, 0.15) is 23.2 Å². The molecule has 126 valence electrons. The van der Waals surface area contributed by atoms with E-state index < -0.39 is 0 Å². The zero-order valence-electron chi connectivity index (χ0n) is 13.4. The second kappa shape index (κ2) is 5.82. The number of nitrogens with zero attached hydrogens (tertiary/aromatic N) is 2. The number of nitrogens with one attached hydrogen (secondary N) is 2. The molecule has 6 nitrogen and oxygen atoms in total. The Labute approximate surface area is 148 Å². The summed E-state index contributed by atoms with van der Waals surface area (Å²) >= 11 is 6.10. The Morgan fingerprint density at radius 3 is 2.84 bits per heavy atom. The van der Waals surface area contributed by atoms with Crippen molar-refractivity contribution in [3.63, 3.8) is 0 Å². The zero-order valence-corrected chi connectivity index (χ0v) is 14.1. The van der Waals surface area contributed by atoms with E-state index in [2.05, 4.69) is 9.97 Å². The van der Waals surface area contributed by atoms with Gasteiger partial charge in [-0.15, -0.1) is 0 Å². The predicted molar refractivity (Wildman–Crippen MR) is 98.7 cm³/mol. The number of aromatic amines is 1. The Kier molecular flexibility index (Phi) is 3.62. The molecule has 3 N–H and O–H groups in total. The number of halogens is 1. The third-order valence-electron chi connectivity index (χ3n) is 4.16. The first-order valence-corrected chi connectivity index (χ1v) is 8.03. The van der Waals surface area contributed by atoms with Crippen LogP contribution in [0, 0.1) is 5.41 Å². The molecule has 2 aromatic carbocycles. The molecule has 1 aromatic heterocycles. The van der Waals surface area contributed by atoms with Crippen LogP contribution in [0.25, 0.3) is 16.6 Å². The minimum Gasteiger partial charge on any atom is -0.509 e. The van der Waals surface area contributed by atoms with E-state index in [-0.39, 0.29) is 18.1 Å². The molecule has 0 amide bonds. The maximum atomic E-state index is 10.5. The van der Waals surface area contributed by atoms with Crippen molar-refractivity contribution in [2.45, 2.75) is 0 Å². The van der Waals surface area contributed by atoms with Crippen molar-refractivity contribution in [3.8, 4) is 5.75 Å². The maximum absolute atomic E-state index is 10.5. The van der Waals surface area contributed by atoms with Crippen LogP contribution >= 0.6 is 11.6 Å². The lowest BCUT2D eigenvalue weighted by Gasteiger charge is -2.21. The summed E-state index contributed by atoms with van der Waals surface area (Å²) < 4.78 is 5.36. The number of fused-ring (bicyclic) bond motifs is 1. The van der Waals surface area contributed by atoms with Gasteiger partial charge in [0, 0.05) is 5.02 Å². The number of para-hydroxylation sites is 2. The fraction of sp³-hybridized carbons (Fsp3) is 0.111. The monoisotopic (exact) mass is 354 g/mol. The minimum atomic E-state index is 0.0751. The molecular weight excluding hydrogens is 340 g/mol. The van der Waals surface area contributed by atoms with Gasteiger partial charge in [-0.05, 0) is 30.3 Å². The first kappa shape index (κ1) is 15.5. The third kappa shape index (κ3) is 2.51. The molecule has 0 spiro atoms. The van der Waals surface area contributed by atoms with Crippen LogP contribution in [0.1, 0.15) is 5.82 Å². The molecule has 0 fully saturated rings. The Morgan fingerprint density at radius 2 is 2.08 bits per heavy atom. The van der Waals surface area contributed by atoms with Crippen LogP contribution in [-0.4, -0.2) is 34.6 Å². The van der Waals surface area contributed by atoms with Gasteiger partial charge in [-0.3, -0.25) is 5.41 Å². The summed E-state index contributed by atoms with van der Waals surface area (Å²) in [4.78, 5) is 9.28. The molecule has 4 rings (SSSR count). The van der Waals surface area contributed by atoms with E-state index in [1.807, 2.05) is 24.3 Å². The standard InChI is InChI=1S/C18H15ClN4O2/c1-25-15-7-6-10(19)8-13(15)23-9-14(24)16(17(23)20)18-21-11-4-2-3-5-12(11)22-18/h2-8,20,24H,9H2,1H3,(H,21,22). The topological polar surface area (TPSA) is 85.2 Å². The van der Waals surface area contributed by atoms with Gasteiger partial charge in [-0.25, -0.2) is 4.98 Å². The number of hydrogen-bond acceptors (Lipinski definition) is 4. The molecule has 0 bridgehead atoms. The lowest BCUT2D eigenvalue weighted by molar-refractivity contribution is 0.406. The lowest BCUT2D eigenvalue weighted by atomic mass is 10.2. The number of anilines is 1. The number of rotatable bonds is 3. The van der Waals surface area contributed by atoms with Crippen molar-refractivity contribution in [2.75, 3.05) is 18.6 Å². The molecule has 0 saturated heterocycles. The highest BCUT2D eigenvalue weighted by atomic mass is 35.5. The molecule has 25 heavy (non-hydrogen) atoms. The molecule has 0 radical (unpaired) electrons.